The first kappa shape index (κ1) is 17.2. The van der Waals surface area contributed by atoms with Crippen LogP contribution >= 0.6 is 23.2 Å². The van der Waals surface area contributed by atoms with Gasteiger partial charge in [0.15, 0.2) is 0 Å². The summed E-state index contributed by atoms with van der Waals surface area (Å²) in [5, 5.41) is 14.9. The highest BCUT2D eigenvalue weighted by Crippen LogP contribution is 2.22. The Balaban J connectivity index is 1.92. The highest BCUT2D eigenvalue weighted by atomic mass is 35.5. The third-order valence-corrected chi connectivity index (χ3v) is 4.25. The summed E-state index contributed by atoms with van der Waals surface area (Å²) in [7, 11) is 0. The van der Waals surface area contributed by atoms with Crippen LogP contribution in [0.1, 0.15) is 30.6 Å². The Morgan fingerprint density at radius 2 is 1.91 bits per heavy atom. The van der Waals surface area contributed by atoms with Crippen molar-refractivity contribution in [1.82, 2.24) is 10.3 Å². The molecule has 0 aliphatic carbocycles. The van der Waals surface area contributed by atoms with Crippen molar-refractivity contribution in [2.75, 3.05) is 6.54 Å². The van der Waals surface area contributed by atoms with Gasteiger partial charge in [-0.05, 0) is 48.2 Å². The zero-order valence-electron chi connectivity index (χ0n) is 12.5. The van der Waals surface area contributed by atoms with Crippen molar-refractivity contribution in [2.45, 2.75) is 31.9 Å². The van der Waals surface area contributed by atoms with Gasteiger partial charge in [0.1, 0.15) is 0 Å². The second kappa shape index (κ2) is 8.49. The lowest BCUT2D eigenvalue weighted by Crippen LogP contribution is -2.34. The molecule has 0 saturated carbocycles. The van der Waals surface area contributed by atoms with Crippen LogP contribution in [0.15, 0.2) is 42.7 Å². The second-order valence-electron chi connectivity index (χ2n) is 5.25. The number of aliphatic hydroxyl groups excluding tert-OH is 1. The highest BCUT2D eigenvalue weighted by molar-refractivity contribution is 6.35. The van der Waals surface area contributed by atoms with E-state index in [1.54, 1.807) is 18.5 Å². The van der Waals surface area contributed by atoms with E-state index in [2.05, 4.69) is 17.2 Å². The average molecular weight is 339 g/mol. The lowest BCUT2D eigenvalue weighted by atomic mass is 10.0. The molecule has 1 aromatic heterocycles. The number of aliphatic hydroxyl groups is 1. The van der Waals surface area contributed by atoms with Gasteiger partial charge in [-0.25, -0.2) is 0 Å². The number of pyridine rings is 1. The van der Waals surface area contributed by atoms with Crippen LogP contribution in [0.2, 0.25) is 10.0 Å². The van der Waals surface area contributed by atoms with E-state index in [0.717, 1.165) is 24.0 Å². The molecular formula is C17H20Cl2N2O. The molecule has 118 valence electrons. The summed E-state index contributed by atoms with van der Waals surface area (Å²) < 4.78 is 0. The summed E-state index contributed by atoms with van der Waals surface area (Å²) in [4.78, 5) is 3.95. The number of nitrogens with one attached hydrogen (secondary N) is 1. The van der Waals surface area contributed by atoms with Crippen molar-refractivity contribution >= 4 is 23.2 Å². The first-order valence-corrected chi connectivity index (χ1v) is 8.11. The molecule has 0 fully saturated rings. The van der Waals surface area contributed by atoms with Crippen LogP contribution in [0, 0.1) is 0 Å². The number of nitrogens with zero attached hydrogens (tertiary/aromatic N) is 1. The quantitative estimate of drug-likeness (QED) is 0.800. The second-order valence-corrected chi connectivity index (χ2v) is 6.09. The van der Waals surface area contributed by atoms with Gasteiger partial charge in [-0.15, -0.1) is 0 Å². The molecule has 1 aromatic carbocycles. The summed E-state index contributed by atoms with van der Waals surface area (Å²) in [6, 6.07) is 9.45. The monoisotopic (exact) mass is 338 g/mol. The summed E-state index contributed by atoms with van der Waals surface area (Å²) in [5.74, 6) is 0. The van der Waals surface area contributed by atoms with E-state index < -0.39 is 6.10 Å². The van der Waals surface area contributed by atoms with Gasteiger partial charge in [0.05, 0.1) is 6.10 Å². The summed E-state index contributed by atoms with van der Waals surface area (Å²) in [6.45, 7) is 2.61. The Hall–Kier alpha value is -1.13. The zero-order valence-corrected chi connectivity index (χ0v) is 14.0. The zero-order chi connectivity index (χ0) is 15.9. The third kappa shape index (κ3) is 4.96. The molecular weight excluding hydrogens is 319 g/mol. The van der Waals surface area contributed by atoms with Crippen molar-refractivity contribution in [2.24, 2.45) is 0 Å². The summed E-state index contributed by atoms with van der Waals surface area (Å²) >= 11 is 12.1. The van der Waals surface area contributed by atoms with Gasteiger partial charge in [0.25, 0.3) is 0 Å². The molecule has 2 unspecified atom stereocenters. The number of hydrogen-bond donors (Lipinski definition) is 2. The van der Waals surface area contributed by atoms with Gasteiger partial charge in [-0.2, -0.15) is 0 Å². The molecule has 0 radical (unpaired) electrons. The molecule has 3 nitrogen and oxygen atoms in total. The van der Waals surface area contributed by atoms with Crippen molar-refractivity contribution in [1.29, 1.82) is 0 Å². The van der Waals surface area contributed by atoms with Gasteiger partial charge in [-0.1, -0.05) is 36.2 Å². The molecule has 22 heavy (non-hydrogen) atoms. The lowest BCUT2D eigenvalue weighted by Gasteiger charge is -2.20. The van der Waals surface area contributed by atoms with E-state index in [4.69, 9.17) is 23.2 Å². The summed E-state index contributed by atoms with van der Waals surface area (Å²) in [6.07, 6.45) is 4.57. The molecule has 1 heterocycles. The first-order valence-electron chi connectivity index (χ1n) is 7.35. The summed E-state index contributed by atoms with van der Waals surface area (Å²) in [5.41, 5.74) is 1.92. The number of hydrogen-bond acceptors (Lipinski definition) is 3. The normalized spacial score (nSPS) is 13.8. The van der Waals surface area contributed by atoms with E-state index >= 15 is 0 Å². The predicted molar refractivity (Wildman–Crippen MR) is 91.4 cm³/mol. The SMILES string of the molecule is CCC(Cc1ccc(Cl)cc1Cl)NCC(O)c1ccncc1. The molecule has 0 aliphatic rings. The molecule has 0 saturated heterocycles. The lowest BCUT2D eigenvalue weighted by molar-refractivity contribution is 0.169. The molecule has 0 aliphatic heterocycles. The van der Waals surface area contributed by atoms with Crippen LogP contribution in [0.25, 0.3) is 0 Å². The molecule has 2 N–H and O–H groups in total. The molecule has 5 heteroatoms. The number of benzene rings is 1. The maximum atomic E-state index is 10.2. The van der Waals surface area contributed by atoms with Gasteiger partial charge in [0, 0.05) is 35.0 Å². The highest BCUT2D eigenvalue weighted by Gasteiger charge is 2.13. The smallest absolute Gasteiger partial charge is 0.0915 e. The fourth-order valence-electron chi connectivity index (χ4n) is 2.30. The van der Waals surface area contributed by atoms with Crippen molar-refractivity contribution in [3.8, 4) is 0 Å². The van der Waals surface area contributed by atoms with E-state index in [-0.39, 0.29) is 6.04 Å². The van der Waals surface area contributed by atoms with Crippen LogP contribution in [0.5, 0.6) is 0 Å². The van der Waals surface area contributed by atoms with E-state index in [9.17, 15) is 5.11 Å². The van der Waals surface area contributed by atoms with Gasteiger partial charge < -0.3 is 10.4 Å². The molecule has 0 amide bonds. The van der Waals surface area contributed by atoms with Crippen molar-refractivity contribution in [3.05, 3.63) is 63.9 Å². The fraction of sp³-hybridized carbons (Fsp3) is 0.353. The minimum Gasteiger partial charge on any atom is -0.387 e. The Bertz CT molecular complexity index is 592. The Labute approximate surface area is 141 Å². The van der Waals surface area contributed by atoms with E-state index in [1.807, 2.05) is 24.3 Å². The van der Waals surface area contributed by atoms with Gasteiger partial charge in [0.2, 0.25) is 0 Å². The molecule has 0 bridgehead atoms. The van der Waals surface area contributed by atoms with Crippen LogP contribution in [0.3, 0.4) is 0 Å². The maximum Gasteiger partial charge on any atom is 0.0915 e. The first-order chi connectivity index (χ1) is 10.6. The average Bonchev–Trinajstić information content (AvgIpc) is 2.54. The molecule has 0 spiro atoms. The third-order valence-electron chi connectivity index (χ3n) is 3.66. The van der Waals surface area contributed by atoms with Gasteiger partial charge >= 0.3 is 0 Å². The van der Waals surface area contributed by atoms with Crippen molar-refractivity contribution in [3.63, 3.8) is 0 Å². The Kier molecular flexibility index (Phi) is 6.65. The van der Waals surface area contributed by atoms with Crippen LogP contribution in [-0.4, -0.2) is 22.7 Å². The molecule has 2 rings (SSSR count). The number of rotatable bonds is 7. The molecule has 2 atom stereocenters. The Morgan fingerprint density at radius 1 is 1.18 bits per heavy atom. The predicted octanol–water partition coefficient (Wildman–Crippen LogP) is 4.03. The van der Waals surface area contributed by atoms with E-state index in [1.165, 1.54) is 0 Å². The molecule has 2 aromatic rings. The minimum atomic E-state index is -0.544. The van der Waals surface area contributed by atoms with Gasteiger partial charge in [-0.3, -0.25) is 4.98 Å². The van der Waals surface area contributed by atoms with Crippen LogP contribution < -0.4 is 5.32 Å². The van der Waals surface area contributed by atoms with Crippen LogP contribution in [0.4, 0.5) is 0 Å². The topological polar surface area (TPSA) is 45.1 Å². The Morgan fingerprint density at radius 3 is 2.55 bits per heavy atom. The number of halogens is 2. The fourth-order valence-corrected chi connectivity index (χ4v) is 2.78. The van der Waals surface area contributed by atoms with Crippen LogP contribution in [-0.2, 0) is 6.42 Å². The maximum absolute atomic E-state index is 10.2. The largest absolute Gasteiger partial charge is 0.387 e. The van der Waals surface area contributed by atoms with E-state index in [0.29, 0.717) is 16.6 Å². The standard InChI is InChI=1S/C17H20Cl2N2O/c1-2-15(9-13-3-4-14(18)10-16(13)19)21-11-17(22)12-5-7-20-8-6-12/h3-8,10,15,17,21-22H,2,9,11H2,1H3. The van der Waals surface area contributed by atoms with Crippen molar-refractivity contribution < 1.29 is 5.11 Å². The minimum absolute atomic E-state index is 0.246. The number of aromatic nitrogens is 1.